The molecule has 1 aliphatic rings. The molecule has 0 atom stereocenters. The first-order valence-electron chi connectivity index (χ1n) is 6.36. The molecule has 0 spiro atoms. The molecule has 0 bridgehead atoms. The Morgan fingerprint density at radius 3 is 2.32 bits per heavy atom. The van der Waals surface area contributed by atoms with Crippen molar-refractivity contribution in [1.82, 2.24) is 5.53 Å². The van der Waals surface area contributed by atoms with Crippen LogP contribution in [0.4, 0.5) is 11.4 Å². The van der Waals surface area contributed by atoms with E-state index in [1.54, 1.807) is 64.9 Å². The van der Waals surface area contributed by atoms with Crippen LogP contribution in [0.1, 0.15) is 10.4 Å². The van der Waals surface area contributed by atoms with E-state index in [4.69, 9.17) is 23.2 Å². The van der Waals surface area contributed by atoms with Gasteiger partial charge in [-0.3, -0.25) is 10.0 Å². The van der Waals surface area contributed by atoms with Crippen LogP contribution in [0.2, 0.25) is 10.0 Å². The molecule has 2 N–H and O–H groups in total. The number of carbonyl (C=O) groups is 1. The Kier molecular flexibility index (Phi) is 3.94. The van der Waals surface area contributed by atoms with Crippen molar-refractivity contribution in [2.45, 2.75) is 0 Å². The van der Waals surface area contributed by atoms with Gasteiger partial charge in [0.2, 0.25) is 0 Å². The maximum atomic E-state index is 11.3. The molecule has 112 valence electrons. The Labute approximate surface area is 136 Å². The largest absolute Gasteiger partial charge is 0.478 e. The topological polar surface area (TPSA) is 55.8 Å². The van der Waals surface area contributed by atoms with Gasteiger partial charge in [-0.25, -0.2) is 4.79 Å². The molecule has 2 aromatic rings. The molecular weight excluding hydrogens is 325 g/mol. The van der Waals surface area contributed by atoms with Gasteiger partial charge in [0.25, 0.3) is 0 Å². The average molecular weight is 336 g/mol. The number of aromatic carboxylic acids is 1. The van der Waals surface area contributed by atoms with E-state index in [2.05, 4.69) is 5.53 Å². The summed E-state index contributed by atoms with van der Waals surface area (Å²) in [5.41, 5.74) is 4.52. The van der Waals surface area contributed by atoms with E-state index in [1.165, 1.54) is 0 Å². The van der Waals surface area contributed by atoms with Crippen molar-refractivity contribution < 1.29 is 9.90 Å². The summed E-state index contributed by atoms with van der Waals surface area (Å²) in [7, 11) is 0. The molecule has 0 saturated carbocycles. The lowest BCUT2D eigenvalue weighted by Crippen LogP contribution is -2.40. The number of benzene rings is 2. The van der Waals surface area contributed by atoms with Gasteiger partial charge in [-0.1, -0.05) is 35.3 Å². The maximum Gasteiger partial charge on any atom is 0.337 e. The van der Waals surface area contributed by atoms with Crippen LogP contribution in [0.3, 0.4) is 0 Å². The molecule has 0 aliphatic carbocycles. The summed E-state index contributed by atoms with van der Waals surface area (Å²) in [6.45, 7) is 0. The number of carboxylic acids is 1. The number of hydrazine groups is 2. The second-order valence-electron chi connectivity index (χ2n) is 4.59. The molecule has 0 radical (unpaired) electrons. The molecule has 0 amide bonds. The van der Waals surface area contributed by atoms with Crippen LogP contribution < -0.4 is 15.6 Å². The standard InChI is InChI=1S/C15H11Cl2N3O2/c16-10-7-11(17)9-12(8-10)19-5-6-20(18-19)14-4-2-1-3-13(14)15(21)22/h1-9,18H,(H,21,22). The van der Waals surface area contributed by atoms with E-state index in [1.807, 2.05) is 0 Å². The molecule has 2 aromatic carbocycles. The molecular formula is C15H11Cl2N3O2. The Morgan fingerprint density at radius 1 is 1.00 bits per heavy atom. The number of para-hydroxylation sites is 1. The molecule has 0 aromatic heterocycles. The van der Waals surface area contributed by atoms with Crippen molar-refractivity contribution >= 4 is 40.5 Å². The Bertz CT molecular complexity index is 744. The first-order valence-corrected chi connectivity index (χ1v) is 7.12. The SMILES string of the molecule is O=C(O)c1ccccc1N1C=CN(c2cc(Cl)cc(Cl)c2)N1. The van der Waals surface area contributed by atoms with E-state index in [0.717, 1.165) is 5.69 Å². The van der Waals surface area contributed by atoms with E-state index in [-0.39, 0.29) is 5.56 Å². The summed E-state index contributed by atoms with van der Waals surface area (Å²) >= 11 is 12.0. The number of rotatable bonds is 3. The molecule has 3 rings (SSSR count). The highest BCUT2D eigenvalue weighted by Crippen LogP contribution is 2.28. The molecule has 0 fully saturated rings. The first-order chi connectivity index (χ1) is 10.5. The van der Waals surface area contributed by atoms with E-state index < -0.39 is 5.97 Å². The molecule has 1 heterocycles. The first kappa shape index (κ1) is 14.7. The summed E-state index contributed by atoms with van der Waals surface area (Å²) in [6, 6.07) is 11.9. The smallest absolute Gasteiger partial charge is 0.337 e. The van der Waals surface area contributed by atoms with E-state index >= 15 is 0 Å². The summed E-state index contributed by atoms with van der Waals surface area (Å²) in [5.74, 6) is -0.991. The van der Waals surface area contributed by atoms with Crippen molar-refractivity contribution in [3.8, 4) is 0 Å². The van der Waals surface area contributed by atoms with E-state index in [9.17, 15) is 9.90 Å². The number of hydrogen-bond donors (Lipinski definition) is 2. The van der Waals surface area contributed by atoms with Crippen LogP contribution in [-0.4, -0.2) is 11.1 Å². The van der Waals surface area contributed by atoms with Gasteiger partial charge in [-0.15, -0.1) is 5.53 Å². The fourth-order valence-electron chi connectivity index (χ4n) is 2.14. The third-order valence-electron chi connectivity index (χ3n) is 3.10. The van der Waals surface area contributed by atoms with Crippen LogP contribution in [0.15, 0.2) is 54.9 Å². The van der Waals surface area contributed by atoms with Crippen molar-refractivity contribution in [2.24, 2.45) is 0 Å². The zero-order valence-corrected chi connectivity index (χ0v) is 12.7. The minimum Gasteiger partial charge on any atom is -0.478 e. The van der Waals surface area contributed by atoms with Crippen LogP contribution in [0.5, 0.6) is 0 Å². The zero-order chi connectivity index (χ0) is 15.7. The summed E-state index contributed by atoms with van der Waals surface area (Å²) < 4.78 is 0. The van der Waals surface area contributed by atoms with Gasteiger partial charge in [-0.2, -0.15) is 0 Å². The van der Waals surface area contributed by atoms with Gasteiger partial charge < -0.3 is 5.11 Å². The number of nitrogens with one attached hydrogen (secondary N) is 1. The van der Waals surface area contributed by atoms with Gasteiger partial charge in [-0.05, 0) is 30.3 Å². The fraction of sp³-hybridized carbons (Fsp3) is 0. The quantitative estimate of drug-likeness (QED) is 0.890. The highest BCUT2D eigenvalue weighted by Gasteiger charge is 2.20. The molecule has 7 heteroatoms. The third-order valence-corrected chi connectivity index (χ3v) is 3.54. The number of carboxylic acid groups (broad SMARTS) is 1. The van der Waals surface area contributed by atoms with Crippen molar-refractivity contribution in [2.75, 3.05) is 10.0 Å². The van der Waals surface area contributed by atoms with Crippen molar-refractivity contribution in [3.63, 3.8) is 0 Å². The van der Waals surface area contributed by atoms with Crippen molar-refractivity contribution in [3.05, 3.63) is 70.5 Å². The molecule has 0 saturated heterocycles. The van der Waals surface area contributed by atoms with Crippen LogP contribution in [0, 0.1) is 0 Å². The third kappa shape index (κ3) is 2.87. The minimum absolute atomic E-state index is 0.200. The van der Waals surface area contributed by atoms with Gasteiger partial charge in [0.1, 0.15) is 0 Å². The number of hydrogen-bond acceptors (Lipinski definition) is 4. The van der Waals surface area contributed by atoms with E-state index in [0.29, 0.717) is 15.7 Å². The molecule has 22 heavy (non-hydrogen) atoms. The van der Waals surface area contributed by atoms with Crippen molar-refractivity contribution in [1.29, 1.82) is 0 Å². The summed E-state index contributed by atoms with van der Waals surface area (Å²) in [5, 5.41) is 13.6. The van der Waals surface area contributed by atoms with Gasteiger partial charge in [0, 0.05) is 22.4 Å². The summed E-state index contributed by atoms with van der Waals surface area (Å²) in [4.78, 5) is 11.3. The highest BCUT2D eigenvalue weighted by atomic mass is 35.5. The van der Waals surface area contributed by atoms with Crippen LogP contribution >= 0.6 is 23.2 Å². The number of halogens is 2. The van der Waals surface area contributed by atoms with Crippen LogP contribution in [-0.2, 0) is 0 Å². The summed E-state index contributed by atoms with van der Waals surface area (Å²) in [6.07, 6.45) is 3.47. The predicted molar refractivity (Wildman–Crippen MR) is 87.1 cm³/mol. The predicted octanol–water partition coefficient (Wildman–Crippen LogP) is 3.91. The second kappa shape index (κ2) is 5.88. The highest BCUT2D eigenvalue weighted by molar-refractivity contribution is 6.35. The monoisotopic (exact) mass is 335 g/mol. The zero-order valence-electron chi connectivity index (χ0n) is 11.2. The Balaban J connectivity index is 1.87. The number of anilines is 2. The number of nitrogens with zero attached hydrogens (tertiary/aromatic N) is 2. The normalized spacial score (nSPS) is 13.7. The second-order valence-corrected chi connectivity index (χ2v) is 5.46. The van der Waals surface area contributed by atoms with Gasteiger partial charge in [0.15, 0.2) is 0 Å². The minimum atomic E-state index is -0.991. The Hall–Kier alpha value is -2.21. The van der Waals surface area contributed by atoms with Gasteiger partial charge >= 0.3 is 5.97 Å². The average Bonchev–Trinajstić information content (AvgIpc) is 2.96. The molecule has 0 unspecified atom stereocenters. The lowest BCUT2D eigenvalue weighted by atomic mass is 10.2. The molecule has 1 aliphatic heterocycles. The maximum absolute atomic E-state index is 11.3. The lowest BCUT2D eigenvalue weighted by Gasteiger charge is -2.23. The molecule has 5 nitrogen and oxygen atoms in total. The van der Waals surface area contributed by atoms with Gasteiger partial charge in [0.05, 0.1) is 16.9 Å². The Morgan fingerprint density at radius 2 is 1.64 bits per heavy atom. The van der Waals surface area contributed by atoms with Crippen LogP contribution in [0.25, 0.3) is 0 Å². The fourth-order valence-corrected chi connectivity index (χ4v) is 2.65. The lowest BCUT2D eigenvalue weighted by molar-refractivity contribution is 0.0697.